The maximum Gasteiger partial charge on any atom is 0.113 e. The van der Waals surface area contributed by atoms with Crippen LogP contribution in [0.4, 0.5) is 5.69 Å². The Bertz CT molecular complexity index is 134. The third-order valence-electron chi connectivity index (χ3n) is 0.902. The smallest absolute Gasteiger partial charge is 0.113 e. The summed E-state index contributed by atoms with van der Waals surface area (Å²) in [5.41, 5.74) is 1.05. The molecule has 2 heteroatoms. The van der Waals surface area contributed by atoms with Crippen LogP contribution < -0.4 is 5.32 Å². The van der Waals surface area contributed by atoms with Gasteiger partial charge in [-0.15, -0.1) is 0 Å². The molecular formula is C6H9NO. The van der Waals surface area contributed by atoms with E-state index >= 15 is 0 Å². The first-order valence-corrected chi connectivity index (χ1v) is 2.69. The van der Waals surface area contributed by atoms with Gasteiger partial charge >= 0.3 is 0 Å². The molecule has 1 heterocycles. The fraction of sp³-hybridized carbons (Fsp3) is 0.333. The zero-order chi connectivity index (χ0) is 5.82. The molecule has 0 unspecified atom stereocenters. The standard InChI is InChI=1S/C6H9NO/c1-2-7-6-3-4-8-5-6/h3-5,7H,2H2,1H3. The minimum atomic E-state index is 0.944. The minimum absolute atomic E-state index is 0.944. The molecule has 44 valence electrons. The highest BCUT2D eigenvalue weighted by atomic mass is 16.3. The largest absolute Gasteiger partial charge is 0.470 e. The fourth-order valence-electron chi connectivity index (χ4n) is 0.569. The summed E-state index contributed by atoms with van der Waals surface area (Å²) in [4.78, 5) is 0. The second-order valence-electron chi connectivity index (χ2n) is 1.54. The lowest BCUT2D eigenvalue weighted by Gasteiger charge is -1.92. The summed E-state index contributed by atoms with van der Waals surface area (Å²) >= 11 is 0. The average Bonchev–Trinajstić information content (AvgIpc) is 2.19. The quantitative estimate of drug-likeness (QED) is 0.628. The third kappa shape index (κ3) is 1.03. The Labute approximate surface area is 48.5 Å². The number of furan rings is 1. The fourth-order valence-corrected chi connectivity index (χ4v) is 0.569. The van der Waals surface area contributed by atoms with Crippen LogP contribution >= 0.6 is 0 Å². The molecule has 0 radical (unpaired) electrons. The first-order chi connectivity index (χ1) is 3.93. The summed E-state index contributed by atoms with van der Waals surface area (Å²) in [6, 6.07) is 1.89. The molecule has 0 fully saturated rings. The normalized spacial score (nSPS) is 9.12. The first kappa shape index (κ1) is 5.22. The molecule has 1 aromatic rings. The van der Waals surface area contributed by atoms with Crippen LogP contribution in [0.5, 0.6) is 0 Å². The molecule has 1 rings (SSSR count). The molecule has 1 aromatic heterocycles. The highest BCUT2D eigenvalue weighted by molar-refractivity contribution is 5.38. The number of anilines is 1. The topological polar surface area (TPSA) is 25.2 Å². The van der Waals surface area contributed by atoms with E-state index in [4.69, 9.17) is 4.42 Å². The summed E-state index contributed by atoms with van der Waals surface area (Å²) < 4.78 is 4.80. The lowest BCUT2D eigenvalue weighted by molar-refractivity contribution is 0.568. The van der Waals surface area contributed by atoms with E-state index in [0.717, 1.165) is 12.2 Å². The van der Waals surface area contributed by atoms with Crippen LogP contribution in [-0.2, 0) is 0 Å². The molecule has 2 nitrogen and oxygen atoms in total. The zero-order valence-electron chi connectivity index (χ0n) is 4.85. The molecule has 1 N–H and O–H groups in total. The predicted octanol–water partition coefficient (Wildman–Crippen LogP) is 1.71. The highest BCUT2D eigenvalue weighted by Crippen LogP contribution is 2.04. The average molecular weight is 111 g/mol. The van der Waals surface area contributed by atoms with E-state index in [0.29, 0.717) is 0 Å². The van der Waals surface area contributed by atoms with Crippen LogP contribution in [0.25, 0.3) is 0 Å². The summed E-state index contributed by atoms with van der Waals surface area (Å²) in [6.45, 7) is 2.99. The Kier molecular flexibility index (Phi) is 1.57. The third-order valence-corrected chi connectivity index (χ3v) is 0.902. The maximum atomic E-state index is 4.80. The molecule has 0 spiro atoms. The molecule has 8 heavy (non-hydrogen) atoms. The van der Waals surface area contributed by atoms with E-state index in [1.165, 1.54) is 0 Å². The molecule has 0 aliphatic rings. The molecule has 0 bridgehead atoms. The molecule has 0 aromatic carbocycles. The van der Waals surface area contributed by atoms with Gasteiger partial charge in [-0.3, -0.25) is 0 Å². The van der Waals surface area contributed by atoms with Crippen LogP contribution in [0.1, 0.15) is 6.92 Å². The lowest BCUT2D eigenvalue weighted by Crippen LogP contribution is -1.92. The van der Waals surface area contributed by atoms with E-state index < -0.39 is 0 Å². The summed E-state index contributed by atoms with van der Waals surface area (Å²) in [5, 5.41) is 3.09. The molecule has 0 aliphatic heterocycles. The van der Waals surface area contributed by atoms with Gasteiger partial charge in [-0.05, 0) is 13.0 Å². The molecule has 0 aliphatic carbocycles. The van der Waals surface area contributed by atoms with Crippen molar-refractivity contribution in [3.05, 3.63) is 18.6 Å². The first-order valence-electron chi connectivity index (χ1n) is 2.69. The number of hydrogen-bond acceptors (Lipinski definition) is 2. The van der Waals surface area contributed by atoms with Crippen molar-refractivity contribution in [1.82, 2.24) is 0 Å². The second kappa shape index (κ2) is 2.40. The van der Waals surface area contributed by atoms with Crippen LogP contribution in [0.2, 0.25) is 0 Å². The predicted molar refractivity (Wildman–Crippen MR) is 32.9 cm³/mol. The minimum Gasteiger partial charge on any atom is -0.470 e. The van der Waals surface area contributed by atoms with Crippen molar-refractivity contribution in [1.29, 1.82) is 0 Å². The molecular weight excluding hydrogens is 102 g/mol. The van der Waals surface area contributed by atoms with E-state index in [1.807, 2.05) is 13.0 Å². The SMILES string of the molecule is CCNc1ccoc1. The van der Waals surface area contributed by atoms with Crippen molar-refractivity contribution in [2.75, 3.05) is 11.9 Å². The maximum absolute atomic E-state index is 4.80. The number of nitrogens with one attached hydrogen (secondary N) is 1. The van der Waals surface area contributed by atoms with Gasteiger partial charge in [0.2, 0.25) is 0 Å². The molecule has 0 atom stereocenters. The van der Waals surface area contributed by atoms with Crippen molar-refractivity contribution in [2.45, 2.75) is 6.92 Å². The molecule has 0 saturated carbocycles. The van der Waals surface area contributed by atoms with Gasteiger partial charge in [-0.25, -0.2) is 0 Å². The molecule has 0 saturated heterocycles. The Balaban J connectivity index is 2.50. The van der Waals surface area contributed by atoms with Crippen molar-refractivity contribution in [3.63, 3.8) is 0 Å². The van der Waals surface area contributed by atoms with Gasteiger partial charge in [-0.1, -0.05) is 0 Å². The Morgan fingerprint density at radius 3 is 3.12 bits per heavy atom. The van der Waals surface area contributed by atoms with Crippen molar-refractivity contribution in [2.24, 2.45) is 0 Å². The highest BCUT2D eigenvalue weighted by Gasteiger charge is 1.85. The second-order valence-corrected chi connectivity index (χ2v) is 1.54. The van der Waals surface area contributed by atoms with Crippen LogP contribution in [0.3, 0.4) is 0 Å². The van der Waals surface area contributed by atoms with Crippen LogP contribution in [0.15, 0.2) is 23.0 Å². The number of hydrogen-bond donors (Lipinski definition) is 1. The van der Waals surface area contributed by atoms with Crippen LogP contribution in [-0.4, -0.2) is 6.54 Å². The van der Waals surface area contributed by atoms with Gasteiger partial charge in [0.25, 0.3) is 0 Å². The Hall–Kier alpha value is -0.920. The zero-order valence-corrected chi connectivity index (χ0v) is 4.85. The van der Waals surface area contributed by atoms with Gasteiger partial charge in [0.1, 0.15) is 6.26 Å². The van der Waals surface area contributed by atoms with E-state index in [2.05, 4.69) is 5.32 Å². The van der Waals surface area contributed by atoms with E-state index in [1.54, 1.807) is 12.5 Å². The number of rotatable bonds is 2. The monoisotopic (exact) mass is 111 g/mol. The summed E-state index contributed by atoms with van der Waals surface area (Å²) in [6.07, 6.45) is 3.33. The lowest BCUT2D eigenvalue weighted by atomic mass is 10.5. The van der Waals surface area contributed by atoms with Gasteiger partial charge in [-0.2, -0.15) is 0 Å². The van der Waals surface area contributed by atoms with Gasteiger partial charge in [0.15, 0.2) is 0 Å². The van der Waals surface area contributed by atoms with Gasteiger partial charge in [0.05, 0.1) is 12.0 Å². The Morgan fingerprint density at radius 1 is 1.75 bits per heavy atom. The van der Waals surface area contributed by atoms with E-state index in [-0.39, 0.29) is 0 Å². The van der Waals surface area contributed by atoms with Crippen molar-refractivity contribution >= 4 is 5.69 Å². The van der Waals surface area contributed by atoms with E-state index in [9.17, 15) is 0 Å². The van der Waals surface area contributed by atoms with Crippen LogP contribution in [0, 0.1) is 0 Å². The van der Waals surface area contributed by atoms with Crippen molar-refractivity contribution < 1.29 is 4.42 Å². The Morgan fingerprint density at radius 2 is 2.62 bits per heavy atom. The van der Waals surface area contributed by atoms with Crippen molar-refractivity contribution in [3.8, 4) is 0 Å². The van der Waals surface area contributed by atoms with Gasteiger partial charge in [0, 0.05) is 6.54 Å². The summed E-state index contributed by atoms with van der Waals surface area (Å²) in [5.74, 6) is 0. The summed E-state index contributed by atoms with van der Waals surface area (Å²) in [7, 11) is 0. The molecule has 0 amide bonds. The van der Waals surface area contributed by atoms with Gasteiger partial charge < -0.3 is 9.73 Å².